The third kappa shape index (κ3) is 6.21. The van der Waals surface area contributed by atoms with Gasteiger partial charge in [-0.25, -0.2) is 0 Å². The van der Waals surface area contributed by atoms with Gasteiger partial charge in [0.2, 0.25) is 5.91 Å². The summed E-state index contributed by atoms with van der Waals surface area (Å²) in [5.74, 6) is 0.961. The Bertz CT molecular complexity index is 699. The maximum absolute atomic E-state index is 12.0. The predicted octanol–water partition coefficient (Wildman–Crippen LogP) is 4.67. The molecule has 26 heavy (non-hydrogen) atoms. The molecule has 0 saturated carbocycles. The molecule has 0 aromatic heterocycles. The minimum absolute atomic E-state index is 0.0349. The molecule has 3 heteroatoms. The van der Waals surface area contributed by atoms with Crippen LogP contribution in [0.4, 0.5) is 0 Å². The van der Waals surface area contributed by atoms with E-state index in [2.05, 4.69) is 63.3 Å². The number of hydrogen-bond donors (Lipinski definition) is 1. The van der Waals surface area contributed by atoms with E-state index in [1.807, 2.05) is 18.2 Å². The van der Waals surface area contributed by atoms with E-state index in [0.717, 1.165) is 18.6 Å². The van der Waals surface area contributed by atoms with E-state index < -0.39 is 0 Å². The van der Waals surface area contributed by atoms with E-state index >= 15 is 0 Å². The van der Waals surface area contributed by atoms with Crippen LogP contribution < -0.4 is 10.1 Å². The van der Waals surface area contributed by atoms with Crippen LogP contribution in [0.15, 0.2) is 48.5 Å². The third-order valence-corrected chi connectivity index (χ3v) is 4.45. The molecule has 140 valence electrons. The summed E-state index contributed by atoms with van der Waals surface area (Å²) in [7, 11) is 0. The first-order valence-electron chi connectivity index (χ1n) is 9.47. The Kier molecular flexibility index (Phi) is 7.26. The van der Waals surface area contributed by atoms with Gasteiger partial charge in [-0.3, -0.25) is 4.79 Å². The zero-order chi connectivity index (χ0) is 19.0. The highest BCUT2D eigenvalue weighted by atomic mass is 16.5. The number of ether oxygens (including phenoxy) is 1. The van der Waals surface area contributed by atoms with Crippen LogP contribution in [0, 0.1) is 0 Å². The number of hydrogen-bond acceptors (Lipinski definition) is 2. The maximum atomic E-state index is 12.0. The van der Waals surface area contributed by atoms with E-state index in [-0.39, 0.29) is 11.3 Å². The molecule has 0 aliphatic carbocycles. The van der Waals surface area contributed by atoms with Crippen molar-refractivity contribution in [1.29, 1.82) is 0 Å². The predicted molar refractivity (Wildman–Crippen MR) is 108 cm³/mol. The molecule has 0 spiro atoms. The summed E-state index contributed by atoms with van der Waals surface area (Å²) in [6.45, 7) is 9.65. The van der Waals surface area contributed by atoms with Gasteiger partial charge in [-0.05, 0) is 41.0 Å². The SMILES string of the molecule is CCc1ccc(CCC(=O)NCCOc2ccccc2C(C)(C)C)cc1. The van der Waals surface area contributed by atoms with E-state index in [1.54, 1.807) is 0 Å². The molecule has 2 aromatic carbocycles. The first-order chi connectivity index (χ1) is 12.4. The van der Waals surface area contributed by atoms with Crippen molar-refractivity contribution in [3.63, 3.8) is 0 Å². The summed E-state index contributed by atoms with van der Waals surface area (Å²) in [4.78, 5) is 12.0. The van der Waals surface area contributed by atoms with Gasteiger partial charge in [0, 0.05) is 6.42 Å². The number of carbonyl (C=O) groups is 1. The molecule has 0 aliphatic rings. The second-order valence-electron chi connectivity index (χ2n) is 7.61. The zero-order valence-electron chi connectivity index (χ0n) is 16.5. The monoisotopic (exact) mass is 353 g/mol. The molecule has 2 rings (SSSR count). The fraction of sp³-hybridized carbons (Fsp3) is 0.435. The van der Waals surface area contributed by atoms with Crippen LogP contribution in [0.2, 0.25) is 0 Å². The number of nitrogens with one attached hydrogen (secondary N) is 1. The van der Waals surface area contributed by atoms with Gasteiger partial charge in [0.25, 0.3) is 0 Å². The normalized spacial score (nSPS) is 11.2. The second kappa shape index (κ2) is 9.42. The lowest BCUT2D eigenvalue weighted by Gasteiger charge is -2.22. The Labute approximate surface area is 157 Å². The Morgan fingerprint density at radius 3 is 2.31 bits per heavy atom. The summed E-state index contributed by atoms with van der Waals surface area (Å²) in [5.41, 5.74) is 3.74. The second-order valence-corrected chi connectivity index (χ2v) is 7.61. The number of para-hydroxylation sites is 1. The van der Waals surface area contributed by atoms with Crippen molar-refractivity contribution >= 4 is 5.91 Å². The highest BCUT2D eigenvalue weighted by Crippen LogP contribution is 2.30. The minimum Gasteiger partial charge on any atom is -0.491 e. The van der Waals surface area contributed by atoms with Crippen LogP contribution in [-0.4, -0.2) is 19.1 Å². The highest BCUT2D eigenvalue weighted by Gasteiger charge is 2.18. The van der Waals surface area contributed by atoms with Gasteiger partial charge < -0.3 is 10.1 Å². The van der Waals surface area contributed by atoms with Gasteiger partial charge in [-0.15, -0.1) is 0 Å². The van der Waals surface area contributed by atoms with Crippen molar-refractivity contribution in [2.75, 3.05) is 13.2 Å². The van der Waals surface area contributed by atoms with Gasteiger partial charge in [0.05, 0.1) is 6.54 Å². The lowest BCUT2D eigenvalue weighted by atomic mass is 9.86. The molecule has 3 nitrogen and oxygen atoms in total. The van der Waals surface area contributed by atoms with Gasteiger partial charge >= 0.3 is 0 Å². The molecule has 0 bridgehead atoms. The molecule has 0 saturated heterocycles. The summed E-state index contributed by atoms with van der Waals surface area (Å²) in [6.07, 6.45) is 2.31. The maximum Gasteiger partial charge on any atom is 0.220 e. The van der Waals surface area contributed by atoms with Crippen molar-refractivity contribution in [3.8, 4) is 5.75 Å². The number of carbonyl (C=O) groups excluding carboxylic acids is 1. The number of amides is 1. The topological polar surface area (TPSA) is 38.3 Å². The highest BCUT2D eigenvalue weighted by molar-refractivity contribution is 5.76. The number of rotatable bonds is 8. The Morgan fingerprint density at radius 1 is 1.00 bits per heavy atom. The van der Waals surface area contributed by atoms with Crippen LogP contribution in [-0.2, 0) is 23.1 Å². The van der Waals surface area contributed by atoms with Gasteiger partial charge in [0.15, 0.2) is 0 Å². The van der Waals surface area contributed by atoms with Crippen LogP contribution in [0.1, 0.15) is 50.8 Å². The molecule has 1 N–H and O–H groups in total. The largest absolute Gasteiger partial charge is 0.491 e. The number of aryl methyl sites for hydroxylation is 2. The molecule has 0 radical (unpaired) electrons. The molecule has 0 heterocycles. The molecule has 0 aliphatic heterocycles. The van der Waals surface area contributed by atoms with Crippen molar-refractivity contribution < 1.29 is 9.53 Å². The lowest BCUT2D eigenvalue weighted by molar-refractivity contribution is -0.121. The fourth-order valence-corrected chi connectivity index (χ4v) is 2.85. The fourth-order valence-electron chi connectivity index (χ4n) is 2.85. The summed E-state index contributed by atoms with van der Waals surface area (Å²) >= 11 is 0. The summed E-state index contributed by atoms with van der Waals surface area (Å²) in [6, 6.07) is 16.6. The van der Waals surface area contributed by atoms with E-state index in [4.69, 9.17) is 4.74 Å². The molecule has 0 fully saturated rings. The average Bonchev–Trinajstić information content (AvgIpc) is 2.63. The van der Waals surface area contributed by atoms with Crippen LogP contribution in [0.5, 0.6) is 5.75 Å². The molecular weight excluding hydrogens is 322 g/mol. The molecule has 0 atom stereocenters. The first-order valence-corrected chi connectivity index (χ1v) is 9.47. The molecular formula is C23H31NO2. The summed E-state index contributed by atoms with van der Waals surface area (Å²) < 4.78 is 5.89. The lowest BCUT2D eigenvalue weighted by Crippen LogP contribution is -2.28. The van der Waals surface area contributed by atoms with Crippen molar-refractivity contribution in [2.24, 2.45) is 0 Å². The van der Waals surface area contributed by atoms with Gasteiger partial charge in [-0.2, -0.15) is 0 Å². The molecule has 0 unspecified atom stereocenters. The summed E-state index contributed by atoms with van der Waals surface area (Å²) in [5, 5.41) is 2.94. The Hall–Kier alpha value is -2.29. The first kappa shape index (κ1) is 20.0. The zero-order valence-corrected chi connectivity index (χ0v) is 16.5. The Morgan fingerprint density at radius 2 is 1.65 bits per heavy atom. The smallest absolute Gasteiger partial charge is 0.220 e. The van der Waals surface area contributed by atoms with E-state index in [9.17, 15) is 4.79 Å². The standard InChI is InChI=1S/C23H31NO2/c1-5-18-10-12-19(13-11-18)14-15-22(25)24-16-17-26-21-9-7-6-8-20(21)23(2,3)4/h6-13H,5,14-17H2,1-4H3,(H,24,25). The molecule has 2 aromatic rings. The van der Waals surface area contributed by atoms with Crippen LogP contribution in [0.25, 0.3) is 0 Å². The average molecular weight is 354 g/mol. The van der Waals surface area contributed by atoms with E-state index in [1.165, 1.54) is 16.7 Å². The number of benzene rings is 2. The van der Waals surface area contributed by atoms with Crippen LogP contribution in [0.3, 0.4) is 0 Å². The van der Waals surface area contributed by atoms with Crippen molar-refractivity contribution in [1.82, 2.24) is 5.32 Å². The minimum atomic E-state index is 0.0349. The third-order valence-electron chi connectivity index (χ3n) is 4.45. The quantitative estimate of drug-likeness (QED) is 0.700. The van der Waals surface area contributed by atoms with Crippen molar-refractivity contribution in [3.05, 3.63) is 65.2 Å². The van der Waals surface area contributed by atoms with Gasteiger partial charge in [0.1, 0.15) is 12.4 Å². The van der Waals surface area contributed by atoms with Gasteiger partial charge in [-0.1, -0.05) is 70.2 Å². The molecule has 1 amide bonds. The van der Waals surface area contributed by atoms with Crippen molar-refractivity contribution in [2.45, 2.75) is 52.4 Å². The van der Waals surface area contributed by atoms with Crippen LogP contribution >= 0.6 is 0 Å². The Balaban J connectivity index is 1.72. The van der Waals surface area contributed by atoms with E-state index in [0.29, 0.717) is 19.6 Å².